The van der Waals surface area contributed by atoms with Crippen molar-refractivity contribution in [2.45, 2.75) is 17.9 Å². The number of hydrogen-bond donors (Lipinski definition) is 3. The maximum absolute atomic E-state index is 11.6. The fraction of sp³-hybridized carbons (Fsp3) is 0.308. The normalized spacial score (nSPS) is 11.5. The summed E-state index contributed by atoms with van der Waals surface area (Å²) in [7, 11) is 1.26. The van der Waals surface area contributed by atoms with E-state index in [1.54, 1.807) is 0 Å². The molecule has 0 saturated heterocycles. The standard InChI is InChI=1S/C13H15N3O5S/c1-7(17)15-9(13(19)20)6-22-11-4-3-8(12(14)18)5-10(11)16(2)21/h3-5,9H,6H2,1-2H3,(H3-,14,15,17,18,19,20)/p+1. The molecule has 0 radical (unpaired) electrons. The highest BCUT2D eigenvalue weighted by molar-refractivity contribution is 7.99. The van der Waals surface area contributed by atoms with Crippen molar-refractivity contribution in [3.63, 3.8) is 0 Å². The van der Waals surface area contributed by atoms with E-state index < -0.39 is 23.8 Å². The van der Waals surface area contributed by atoms with E-state index in [9.17, 15) is 19.3 Å². The van der Waals surface area contributed by atoms with Gasteiger partial charge in [0.05, 0.1) is 4.90 Å². The van der Waals surface area contributed by atoms with Gasteiger partial charge >= 0.3 is 5.97 Å². The number of primary amides is 1. The van der Waals surface area contributed by atoms with Crippen LogP contribution in [0, 0.1) is 4.91 Å². The van der Waals surface area contributed by atoms with E-state index in [4.69, 9.17) is 10.8 Å². The molecule has 0 aliphatic heterocycles. The Kier molecular flexibility index (Phi) is 6.05. The Balaban J connectivity index is 2.97. The van der Waals surface area contributed by atoms with Gasteiger partial charge in [0.2, 0.25) is 11.8 Å². The number of aliphatic carboxylic acids is 1. The second-order valence-corrected chi connectivity index (χ2v) is 5.51. The Hall–Kier alpha value is -2.42. The third kappa shape index (κ3) is 4.85. The van der Waals surface area contributed by atoms with Crippen molar-refractivity contribution in [3.8, 4) is 0 Å². The van der Waals surface area contributed by atoms with Gasteiger partial charge in [0.25, 0.3) is 5.69 Å². The van der Waals surface area contributed by atoms with Gasteiger partial charge in [0.1, 0.15) is 6.04 Å². The van der Waals surface area contributed by atoms with Crippen molar-refractivity contribution in [2.24, 2.45) is 5.73 Å². The van der Waals surface area contributed by atoms with Crippen LogP contribution in [0.15, 0.2) is 23.1 Å². The molecule has 0 spiro atoms. The highest BCUT2D eigenvalue weighted by atomic mass is 32.2. The summed E-state index contributed by atoms with van der Waals surface area (Å²) in [6.45, 7) is 1.22. The largest absolute Gasteiger partial charge is 0.480 e. The molecular weight excluding hydrogens is 310 g/mol. The van der Waals surface area contributed by atoms with Crippen LogP contribution in [0.1, 0.15) is 17.3 Å². The van der Waals surface area contributed by atoms with Gasteiger partial charge in [-0.15, -0.1) is 11.8 Å². The Bertz CT molecular complexity index is 632. The van der Waals surface area contributed by atoms with Gasteiger partial charge in [-0.2, -0.15) is 0 Å². The van der Waals surface area contributed by atoms with Gasteiger partial charge in [-0.25, -0.2) is 4.79 Å². The number of hydrogen-bond acceptors (Lipinski definition) is 5. The molecule has 1 unspecified atom stereocenters. The number of amides is 2. The van der Waals surface area contributed by atoms with Crippen molar-refractivity contribution in [1.29, 1.82) is 0 Å². The molecule has 1 rings (SSSR count). The molecule has 0 bridgehead atoms. The predicted molar refractivity (Wildman–Crippen MR) is 80.1 cm³/mol. The lowest BCUT2D eigenvalue weighted by atomic mass is 10.2. The van der Waals surface area contributed by atoms with Gasteiger partial charge in [-0.05, 0) is 12.1 Å². The highest BCUT2D eigenvalue weighted by Gasteiger charge is 2.22. The molecule has 0 aliphatic rings. The van der Waals surface area contributed by atoms with Crippen molar-refractivity contribution in [1.82, 2.24) is 5.32 Å². The summed E-state index contributed by atoms with van der Waals surface area (Å²) in [6.07, 6.45) is 0. The van der Waals surface area contributed by atoms with Gasteiger partial charge < -0.3 is 16.2 Å². The summed E-state index contributed by atoms with van der Waals surface area (Å²) < 4.78 is 0.558. The summed E-state index contributed by atoms with van der Waals surface area (Å²) in [5.74, 6) is -2.26. The zero-order chi connectivity index (χ0) is 16.9. The molecule has 1 atom stereocenters. The Morgan fingerprint density at radius 1 is 1.41 bits per heavy atom. The van der Waals surface area contributed by atoms with E-state index in [0.29, 0.717) is 9.66 Å². The van der Waals surface area contributed by atoms with Gasteiger partial charge in [-0.1, -0.05) is 0 Å². The molecule has 0 aliphatic carbocycles. The third-order valence-electron chi connectivity index (χ3n) is 2.66. The van der Waals surface area contributed by atoms with Crippen LogP contribution in [-0.4, -0.2) is 46.5 Å². The number of thioether (sulfide) groups is 1. The van der Waals surface area contributed by atoms with Crippen LogP contribution < -0.4 is 11.1 Å². The Morgan fingerprint density at radius 2 is 2.05 bits per heavy atom. The number of rotatable bonds is 7. The fourth-order valence-corrected chi connectivity index (χ4v) is 2.70. The SMILES string of the molecule is CC(=O)NC(CSc1ccc(C(N)=O)cc1[N+](C)=O)C(=O)O. The topological polar surface area (TPSA) is 130 Å². The van der Waals surface area contributed by atoms with Crippen LogP contribution in [0.25, 0.3) is 0 Å². The molecule has 0 fully saturated rings. The predicted octanol–water partition coefficient (Wildman–Crippen LogP) is 0.507. The average Bonchev–Trinajstić information content (AvgIpc) is 2.42. The smallest absolute Gasteiger partial charge is 0.327 e. The van der Waals surface area contributed by atoms with Crippen LogP contribution in [0.4, 0.5) is 5.69 Å². The monoisotopic (exact) mass is 326 g/mol. The van der Waals surface area contributed by atoms with Gasteiger partial charge in [-0.3, -0.25) is 9.59 Å². The first kappa shape index (κ1) is 17.6. The number of nitroso groups, excluding NO2 is 1. The Labute approximate surface area is 130 Å². The number of nitrogens with two attached hydrogens (primary N) is 1. The van der Waals surface area contributed by atoms with E-state index >= 15 is 0 Å². The van der Waals surface area contributed by atoms with Crippen LogP contribution in [0.2, 0.25) is 0 Å². The fourth-order valence-electron chi connectivity index (χ4n) is 1.63. The summed E-state index contributed by atoms with van der Waals surface area (Å²) in [5.41, 5.74) is 5.54. The quantitative estimate of drug-likeness (QED) is 0.494. The van der Waals surface area contributed by atoms with E-state index in [2.05, 4.69) is 5.32 Å². The summed E-state index contributed by atoms with van der Waals surface area (Å²) in [4.78, 5) is 45.2. The minimum absolute atomic E-state index is 0.0334. The molecule has 1 aromatic rings. The van der Waals surface area contributed by atoms with E-state index in [0.717, 1.165) is 11.8 Å². The molecule has 2 amide bonds. The molecule has 118 valence electrons. The molecule has 9 heteroatoms. The van der Waals surface area contributed by atoms with Crippen molar-refractivity contribution in [2.75, 3.05) is 12.8 Å². The molecule has 0 aromatic heterocycles. The maximum Gasteiger partial charge on any atom is 0.327 e. The second-order valence-electron chi connectivity index (χ2n) is 4.45. The van der Waals surface area contributed by atoms with E-state index in [1.807, 2.05) is 0 Å². The minimum atomic E-state index is -1.17. The summed E-state index contributed by atoms with van der Waals surface area (Å²) >= 11 is 1.08. The lowest BCUT2D eigenvalue weighted by Crippen LogP contribution is -2.41. The van der Waals surface area contributed by atoms with Crippen LogP contribution in [0.3, 0.4) is 0 Å². The zero-order valence-electron chi connectivity index (χ0n) is 12.0. The van der Waals surface area contributed by atoms with Gasteiger partial charge in [0, 0.05) is 34.0 Å². The van der Waals surface area contributed by atoms with E-state index in [-0.39, 0.29) is 17.0 Å². The molecule has 0 saturated carbocycles. The summed E-state index contributed by atoms with van der Waals surface area (Å²) in [6, 6.07) is 3.22. The number of carboxylic acids is 1. The maximum atomic E-state index is 11.6. The molecule has 1 aromatic carbocycles. The lowest BCUT2D eigenvalue weighted by Gasteiger charge is -2.12. The number of benzene rings is 1. The first-order valence-electron chi connectivity index (χ1n) is 6.19. The third-order valence-corrected chi connectivity index (χ3v) is 3.82. The highest BCUT2D eigenvalue weighted by Crippen LogP contribution is 2.30. The summed E-state index contributed by atoms with van der Waals surface area (Å²) in [5, 5.41) is 11.3. The molecule has 0 heterocycles. The van der Waals surface area contributed by atoms with Crippen molar-refractivity contribution in [3.05, 3.63) is 28.7 Å². The molecule has 4 N–H and O–H groups in total. The van der Waals surface area contributed by atoms with Crippen molar-refractivity contribution < 1.29 is 24.3 Å². The number of carboxylic acid groups (broad SMARTS) is 1. The number of nitrogens with zero attached hydrogens (tertiary/aromatic N) is 1. The second kappa shape index (κ2) is 7.55. The van der Waals surface area contributed by atoms with Crippen LogP contribution in [0.5, 0.6) is 0 Å². The molecular formula is C13H16N3O5S+. The molecule has 8 nitrogen and oxygen atoms in total. The van der Waals surface area contributed by atoms with Crippen LogP contribution >= 0.6 is 11.8 Å². The number of carbonyl (C=O) groups excluding carboxylic acids is 2. The Morgan fingerprint density at radius 3 is 2.50 bits per heavy atom. The van der Waals surface area contributed by atoms with Gasteiger partial charge in [0.15, 0.2) is 7.05 Å². The number of carbonyl (C=O) groups is 3. The van der Waals surface area contributed by atoms with Crippen molar-refractivity contribution >= 4 is 35.2 Å². The zero-order valence-corrected chi connectivity index (χ0v) is 12.8. The number of nitrogens with one attached hydrogen (secondary N) is 1. The first-order valence-corrected chi connectivity index (χ1v) is 7.18. The van der Waals surface area contributed by atoms with E-state index in [1.165, 1.54) is 32.2 Å². The average molecular weight is 326 g/mol. The van der Waals surface area contributed by atoms with Crippen LogP contribution in [-0.2, 0) is 9.59 Å². The molecule has 22 heavy (non-hydrogen) atoms. The minimum Gasteiger partial charge on any atom is -0.480 e. The first-order chi connectivity index (χ1) is 10.2. The lowest BCUT2D eigenvalue weighted by molar-refractivity contribution is -0.431.